The summed E-state index contributed by atoms with van der Waals surface area (Å²) in [6, 6.07) is 27.9. The molecule has 1 N–H and O–H groups in total. The van der Waals surface area contributed by atoms with Gasteiger partial charge in [0.05, 0.1) is 17.7 Å². The molecule has 48 heavy (non-hydrogen) atoms. The van der Waals surface area contributed by atoms with Crippen molar-refractivity contribution in [2.24, 2.45) is 0 Å². The van der Waals surface area contributed by atoms with Gasteiger partial charge in [-0.1, -0.05) is 103 Å². The average Bonchev–Trinajstić information content (AvgIpc) is 3.10. The van der Waals surface area contributed by atoms with Gasteiger partial charge in [-0.25, -0.2) is 8.42 Å². The smallest absolute Gasteiger partial charge is 0.264 e. The summed E-state index contributed by atoms with van der Waals surface area (Å²) >= 11 is 12.8. The number of rotatable bonds is 13. The molecule has 4 aromatic carbocycles. The van der Waals surface area contributed by atoms with Crippen molar-refractivity contribution in [1.82, 2.24) is 10.2 Å². The van der Waals surface area contributed by atoms with E-state index in [0.29, 0.717) is 21.4 Å². The van der Waals surface area contributed by atoms with Gasteiger partial charge in [0.15, 0.2) is 0 Å². The predicted octanol–water partition coefficient (Wildman–Crippen LogP) is 7.29. The molecule has 5 rings (SSSR count). The summed E-state index contributed by atoms with van der Waals surface area (Å²) in [6.07, 6.45) is 5.09. The van der Waals surface area contributed by atoms with Crippen molar-refractivity contribution in [1.29, 1.82) is 0 Å². The van der Waals surface area contributed by atoms with Crippen LogP contribution in [-0.2, 0) is 32.6 Å². The summed E-state index contributed by atoms with van der Waals surface area (Å²) in [5, 5.41) is 3.96. The largest absolute Gasteiger partial charge is 0.497 e. The molecule has 11 heteroatoms. The highest BCUT2D eigenvalue weighted by Gasteiger charge is 2.35. The number of benzene rings is 4. The number of hydrogen-bond acceptors (Lipinski definition) is 5. The van der Waals surface area contributed by atoms with Crippen LogP contribution in [0.4, 0.5) is 5.69 Å². The third-order valence-electron chi connectivity index (χ3n) is 8.53. The lowest BCUT2D eigenvalue weighted by Gasteiger charge is -2.35. The maximum atomic E-state index is 14.7. The van der Waals surface area contributed by atoms with Crippen LogP contribution in [0.3, 0.4) is 0 Å². The Balaban J connectivity index is 1.58. The molecule has 2 amide bonds. The molecular formula is C37H39Cl2N3O5S. The molecule has 0 unspecified atom stereocenters. The lowest BCUT2D eigenvalue weighted by molar-refractivity contribution is -0.140. The number of nitrogens with zero attached hydrogens (tertiary/aromatic N) is 2. The van der Waals surface area contributed by atoms with Crippen LogP contribution < -0.4 is 14.4 Å². The number of carbonyl (C=O) groups is 2. The van der Waals surface area contributed by atoms with Crippen LogP contribution >= 0.6 is 23.2 Å². The van der Waals surface area contributed by atoms with Gasteiger partial charge in [-0.05, 0) is 60.4 Å². The molecule has 1 atom stereocenters. The first kappa shape index (κ1) is 35.3. The number of methoxy groups -OCH3 is 1. The second kappa shape index (κ2) is 16.4. The fourth-order valence-corrected chi connectivity index (χ4v) is 7.84. The van der Waals surface area contributed by atoms with Crippen LogP contribution in [-0.4, -0.2) is 50.9 Å². The van der Waals surface area contributed by atoms with Gasteiger partial charge in [0.2, 0.25) is 11.8 Å². The van der Waals surface area contributed by atoms with Crippen LogP contribution in [0.15, 0.2) is 108 Å². The first-order valence-corrected chi connectivity index (χ1v) is 18.1. The van der Waals surface area contributed by atoms with Gasteiger partial charge in [0, 0.05) is 35.1 Å². The molecule has 4 aromatic rings. The summed E-state index contributed by atoms with van der Waals surface area (Å²) in [6.45, 7) is -0.640. The van der Waals surface area contributed by atoms with Crippen molar-refractivity contribution >= 4 is 50.7 Å². The molecule has 1 fully saturated rings. The van der Waals surface area contributed by atoms with Gasteiger partial charge < -0.3 is 15.0 Å². The Hall–Kier alpha value is -4.05. The highest BCUT2D eigenvalue weighted by Crippen LogP contribution is 2.29. The monoisotopic (exact) mass is 707 g/mol. The lowest BCUT2D eigenvalue weighted by atomic mass is 9.94. The normalized spacial score (nSPS) is 14.1. The average molecular weight is 709 g/mol. The Bertz CT molecular complexity index is 1800. The number of amides is 2. The van der Waals surface area contributed by atoms with Crippen molar-refractivity contribution in [3.63, 3.8) is 0 Å². The topological polar surface area (TPSA) is 96.0 Å². The molecule has 1 aliphatic carbocycles. The van der Waals surface area contributed by atoms with E-state index < -0.39 is 28.5 Å². The maximum absolute atomic E-state index is 14.7. The minimum absolute atomic E-state index is 0.00710. The zero-order valence-corrected chi connectivity index (χ0v) is 29.1. The van der Waals surface area contributed by atoms with E-state index >= 15 is 0 Å². The van der Waals surface area contributed by atoms with E-state index in [-0.39, 0.29) is 35.5 Å². The number of anilines is 1. The first-order valence-electron chi connectivity index (χ1n) is 16.0. The molecular weight excluding hydrogens is 669 g/mol. The summed E-state index contributed by atoms with van der Waals surface area (Å²) in [5.74, 6) is -0.460. The summed E-state index contributed by atoms with van der Waals surface area (Å²) in [7, 11) is -2.75. The molecule has 8 nitrogen and oxygen atoms in total. The van der Waals surface area contributed by atoms with Crippen molar-refractivity contribution < 1.29 is 22.7 Å². The van der Waals surface area contributed by atoms with Crippen molar-refractivity contribution in [2.75, 3.05) is 18.0 Å². The van der Waals surface area contributed by atoms with Gasteiger partial charge in [0.1, 0.15) is 18.3 Å². The number of ether oxygens (including phenoxy) is 1. The summed E-state index contributed by atoms with van der Waals surface area (Å²) in [5.41, 5.74) is 1.65. The molecule has 1 saturated carbocycles. The van der Waals surface area contributed by atoms with Crippen LogP contribution in [0.2, 0.25) is 10.0 Å². The third kappa shape index (κ3) is 8.89. The van der Waals surface area contributed by atoms with Gasteiger partial charge in [0.25, 0.3) is 10.0 Å². The Morgan fingerprint density at radius 2 is 1.56 bits per heavy atom. The van der Waals surface area contributed by atoms with E-state index in [1.165, 1.54) is 24.1 Å². The van der Waals surface area contributed by atoms with Gasteiger partial charge in [-0.3, -0.25) is 13.9 Å². The second-order valence-corrected chi connectivity index (χ2v) is 14.5. The number of nitrogens with one attached hydrogen (secondary N) is 1. The molecule has 0 radical (unpaired) electrons. The first-order chi connectivity index (χ1) is 23.2. The Morgan fingerprint density at radius 1 is 0.875 bits per heavy atom. The highest BCUT2D eigenvalue weighted by molar-refractivity contribution is 7.92. The maximum Gasteiger partial charge on any atom is 0.264 e. The molecule has 0 aromatic heterocycles. The molecule has 0 spiro atoms. The van der Waals surface area contributed by atoms with Crippen molar-refractivity contribution in [2.45, 2.75) is 62.0 Å². The predicted molar refractivity (Wildman–Crippen MR) is 190 cm³/mol. The van der Waals surface area contributed by atoms with E-state index in [4.69, 9.17) is 27.9 Å². The summed E-state index contributed by atoms with van der Waals surface area (Å²) < 4.78 is 34.8. The Morgan fingerprint density at radius 3 is 2.23 bits per heavy atom. The fraction of sp³-hybridized carbons (Fsp3) is 0.297. The standard InChI is InChI=1S/C37H39Cl2N3O5S/c1-47-32-17-11-16-31(24-32)42(48(45,46)33-18-9-4-10-19-33)26-36(43)41(25-28-20-21-29(38)23-34(28)39)35(22-27-12-5-2-6-13-27)37(44)40-30-14-7-3-8-15-30/h2,4-6,9-13,16-21,23-24,30,35H,3,7-8,14-15,22,25-26H2,1H3,(H,40,44)/t35-/m1/s1. The van der Waals surface area contributed by atoms with E-state index in [1.807, 2.05) is 30.3 Å². The third-order valence-corrected chi connectivity index (χ3v) is 10.9. The summed E-state index contributed by atoms with van der Waals surface area (Å²) in [4.78, 5) is 30.4. The molecule has 0 aliphatic heterocycles. The van der Waals surface area contributed by atoms with Crippen LogP contribution in [0.25, 0.3) is 0 Å². The number of halogens is 2. The van der Waals surface area contributed by atoms with Gasteiger partial charge >= 0.3 is 0 Å². The van der Waals surface area contributed by atoms with Crippen LogP contribution in [0.5, 0.6) is 5.75 Å². The van der Waals surface area contributed by atoms with Gasteiger partial charge in [-0.2, -0.15) is 0 Å². The van der Waals surface area contributed by atoms with Crippen LogP contribution in [0, 0.1) is 0 Å². The highest BCUT2D eigenvalue weighted by atomic mass is 35.5. The number of hydrogen-bond donors (Lipinski definition) is 1. The minimum atomic E-state index is -4.24. The van der Waals surface area contributed by atoms with E-state index in [1.54, 1.807) is 60.7 Å². The van der Waals surface area contributed by atoms with Crippen molar-refractivity contribution in [3.05, 3.63) is 124 Å². The quantitative estimate of drug-likeness (QED) is 0.158. The Kier molecular flexibility index (Phi) is 12.0. The molecule has 252 valence electrons. The number of carbonyl (C=O) groups excluding carboxylic acids is 2. The zero-order chi connectivity index (χ0) is 34.1. The SMILES string of the molecule is COc1cccc(N(CC(=O)N(Cc2ccc(Cl)cc2Cl)[C@H](Cc2ccccc2)C(=O)NC2CCCCC2)S(=O)(=O)c2ccccc2)c1. The van der Waals surface area contributed by atoms with E-state index in [2.05, 4.69) is 5.32 Å². The molecule has 0 heterocycles. The molecule has 1 aliphatic rings. The van der Waals surface area contributed by atoms with E-state index in [0.717, 1.165) is 42.0 Å². The Labute approximate surface area is 292 Å². The fourth-order valence-electron chi connectivity index (χ4n) is 5.95. The second-order valence-electron chi connectivity index (χ2n) is 11.8. The van der Waals surface area contributed by atoms with Crippen LogP contribution in [0.1, 0.15) is 43.2 Å². The molecule has 0 bridgehead atoms. The number of sulfonamides is 1. The van der Waals surface area contributed by atoms with Gasteiger partial charge in [-0.15, -0.1) is 0 Å². The van der Waals surface area contributed by atoms with E-state index in [9.17, 15) is 18.0 Å². The molecule has 0 saturated heterocycles. The lowest BCUT2D eigenvalue weighted by Crippen LogP contribution is -2.55. The minimum Gasteiger partial charge on any atom is -0.497 e. The van der Waals surface area contributed by atoms with Crippen molar-refractivity contribution in [3.8, 4) is 5.75 Å². The zero-order valence-electron chi connectivity index (χ0n) is 26.7.